The predicted octanol–water partition coefficient (Wildman–Crippen LogP) is 1.11. The monoisotopic (exact) mass is 299 g/mol. The van der Waals surface area contributed by atoms with Crippen molar-refractivity contribution in [3.8, 4) is 0 Å². The molecule has 2 heterocycles. The van der Waals surface area contributed by atoms with E-state index in [1.807, 2.05) is 6.92 Å². The summed E-state index contributed by atoms with van der Waals surface area (Å²) in [6.45, 7) is 4.74. The highest BCUT2D eigenvalue weighted by Gasteiger charge is 2.22. The Kier molecular flexibility index (Phi) is 6.13. The van der Waals surface area contributed by atoms with Crippen LogP contribution in [-0.2, 0) is 4.74 Å². The fourth-order valence-corrected chi connectivity index (χ4v) is 2.81. The van der Waals surface area contributed by atoms with E-state index in [4.69, 9.17) is 4.74 Å². The highest BCUT2D eigenvalue weighted by molar-refractivity contribution is 7.99. The van der Waals surface area contributed by atoms with Gasteiger partial charge in [-0.05, 0) is 19.8 Å². The van der Waals surface area contributed by atoms with Crippen LogP contribution in [0.2, 0.25) is 0 Å². The Balaban J connectivity index is 1.56. The minimum Gasteiger partial charge on any atom is -0.450 e. The molecule has 0 radical (unpaired) electrons. The maximum atomic E-state index is 11.6. The highest BCUT2D eigenvalue weighted by atomic mass is 32.2. The number of hydrogen-bond donors (Lipinski definition) is 2. The summed E-state index contributed by atoms with van der Waals surface area (Å²) in [5, 5.41) is 11.0. The molecule has 1 saturated heterocycles. The van der Waals surface area contributed by atoms with Gasteiger partial charge in [-0.15, -0.1) is 0 Å². The fourth-order valence-electron chi connectivity index (χ4n) is 2.16. The summed E-state index contributed by atoms with van der Waals surface area (Å²) in [7, 11) is 0. The lowest BCUT2D eigenvalue weighted by atomic mass is 10.1. The number of aromatic nitrogens is 3. The van der Waals surface area contributed by atoms with E-state index in [1.54, 1.807) is 16.7 Å². The van der Waals surface area contributed by atoms with Crippen LogP contribution in [0.1, 0.15) is 19.8 Å². The molecule has 1 aromatic heterocycles. The van der Waals surface area contributed by atoms with Crippen LogP contribution in [-0.4, -0.2) is 64.2 Å². The first-order chi connectivity index (χ1) is 9.79. The van der Waals surface area contributed by atoms with Crippen molar-refractivity contribution in [2.45, 2.75) is 31.0 Å². The van der Waals surface area contributed by atoms with Gasteiger partial charge in [0.25, 0.3) is 0 Å². The molecule has 0 bridgehead atoms. The molecule has 0 spiro atoms. The van der Waals surface area contributed by atoms with E-state index in [1.165, 1.54) is 6.33 Å². The standard InChI is InChI=1S/C12H21N5O2S/c1-2-19-12(18)17-6-3-10(4-7-17)13-5-8-20-11-14-9-15-16-11/h9-10,13H,2-8H2,1H3,(H,14,15,16). The van der Waals surface area contributed by atoms with E-state index in [9.17, 15) is 4.79 Å². The molecule has 0 aliphatic carbocycles. The maximum absolute atomic E-state index is 11.6. The van der Waals surface area contributed by atoms with Gasteiger partial charge in [-0.2, -0.15) is 5.10 Å². The number of likely N-dealkylation sites (tertiary alicyclic amines) is 1. The number of aromatic amines is 1. The van der Waals surface area contributed by atoms with Crippen LogP contribution in [0, 0.1) is 0 Å². The summed E-state index contributed by atoms with van der Waals surface area (Å²) in [5.74, 6) is 0.952. The molecule has 0 aromatic carbocycles. The summed E-state index contributed by atoms with van der Waals surface area (Å²) in [6, 6.07) is 0.482. The van der Waals surface area contributed by atoms with Crippen molar-refractivity contribution in [2.24, 2.45) is 0 Å². The number of carbonyl (C=O) groups excluding carboxylic acids is 1. The third-order valence-corrected chi connectivity index (χ3v) is 4.07. The van der Waals surface area contributed by atoms with Crippen molar-refractivity contribution < 1.29 is 9.53 Å². The third kappa shape index (κ3) is 4.68. The van der Waals surface area contributed by atoms with Crippen LogP contribution in [0.25, 0.3) is 0 Å². The Morgan fingerprint density at radius 1 is 1.60 bits per heavy atom. The zero-order chi connectivity index (χ0) is 14.2. The van der Waals surface area contributed by atoms with Crippen LogP contribution in [0.4, 0.5) is 4.79 Å². The first-order valence-electron chi connectivity index (χ1n) is 6.93. The Hall–Kier alpha value is -1.28. The van der Waals surface area contributed by atoms with Gasteiger partial charge in [0.05, 0.1) is 6.61 Å². The molecular weight excluding hydrogens is 278 g/mol. The molecular formula is C12H21N5O2S. The molecule has 2 rings (SSSR count). The van der Waals surface area contributed by atoms with Crippen molar-refractivity contribution in [3.63, 3.8) is 0 Å². The van der Waals surface area contributed by atoms with Crippen molar-refractivity contribution in [2.75, 3.05) is 32.0 Å². The number of nitrogens with zero attached hydrogens (tertiary/aromatic N) is 3. The number of H-pyrrole nitrogens is 1. The quantitative estimate of drug-likeness (QED) is 0.605. The first-order valence-corrected chi connectivity index (χ1v) is 7.91. The minimum absolute atomic E-state index is 0.188. The third-order valence-electron chi connectivity index (χ3n) is 3.19. The molecule has 7 nitrogen and oxygen atoms in total. The molecule has 1 fully saturated rings. The smallest absolute Gasteiger partial charge is 0.409 e. The molecule has 1 aliphatic heterocycles. The fraction of sp³-hybridized carbons (Fsp3) is 0.750. The van der Waals surface area contributed by atoms with Crippen LogP contribution >= 0.6 is 11.8 Å². The normalized spacial score (nSPS) is 16.4. The number of piperidine rings is 1. The second-order valence-electron chi connectivity index (χ2n) is 4.55. The summed E-state index contributed by atoms with van der Waals surface area (Å²) >= 11 is 1.65. The van der Waals surface area contributed by atoms with Gasteiger partial charge >= 0.3 is 6.09 Å². The van der Waals surface area contributed by atoms with Crippen molar-refractivity contribution in [1.29, 1.82) is 0 Å². The molecule has 8 heteroatoms. The molecule has 0 saturated carbocycles. The number of ether oxygens (including phenoxy) is 1. The van der Waals surface area contributed by atoms with E-state index in [0.29, 0.717) is 12.6 Å². The maximum Gasteiger partial charge on any atom is 0.409 e. The van der Waals surface area contributed by atoms with Crippen LogP contribution in [0.15, 0.2) is 11.5 Å². The van der Waals surface area contributed by atoms with Gasteiger partial charge in [-0.3, -0.25) is 5.10 Å². The second-order valence-corrected chi connectivity index (χ2v) is 5.64. The molecule has 1 amide bonds. The SMILES string of the molecule is CCOC(=O)N1CCC(NCCSc2ncn[nH]2)CC1. The van der Waals surface area contributed by atoms with E-state index >= 15 is 0 Å². The van der Waals surface area contributed by atoms with Gasteiger partial charge in [-0.1, -0.05) is 11.8 Å². The molecule has 20 heavy (non-hydrogen) atoms. The van der Waals surface area contributed by atoms with Crippen molar-refractivity contribution >= 4 is 17.9 Å². The Morgan fingerprint density at radius 2 is 2.40 bits per heavy atom. The van der Waals surface area contributed by atoms with Gasteiger partial charge in [0.15, 0.2) is 5.16 Å². The number of carbonyl (C=O) groups is 1. The average Bonchev–Trinajstić information content (AvgIpc) is 2.98. The molecule has 0 atom stereocenters. The zero-order valence-corrected chi connectivity index (χ0v) is 12.5. The van der Waals surface area contributed by atoms with Gasteiger partial charge in [0, 0.05) is 31.4 Å². The molecule has 112 valence electrons. The lowest BCUT2D eigenvalue weighted by molar-refractivity contribution is 0.0953. The average molecular weight is 299 g/mol. The van der Waals surface area contributed by atoms with Gasteiger partial charge in [-0.25, -0.2) is 9.78 Å². The lowest BCUT2D eigenvalue weighted by Crippen LogP contribution is -2.45. The number of rotatable bonds is 6. The number of amides is 1. The van der Waals surface area contributed by atoms with Gasteiger partial charge in [0.1, 0.15) is 6.33 Å². The highest BCUT2D eigenvalue weighted by Crippen LogP contribution is 2.13. The minimum atomic E-state index is -0.188. The Bertz CT molecular complexity index is 393. The molecule has 1 aliphatic rings. The molecule has 2 N–H and O–H groups in total. The zero-order valence-electron chi connectivity index (χ0n) is 11.7. The van der Waals surface area contributed by atoms with E-state index in [-0.39, 0.29) is 6.09 Å². The molecule has 1 aromatic rings. The Morgan fingerprint density at radius 3 is 3.05 bits per heavy atom. The number of thioether (sulfide) groups is 1. The largest absolute Gasteiger partial charge is 0.450 e. The lowest BCUT2D eigenvalue weighted by Gasteiger charge is -2.31. The summed E-state index contributed by atoms with van der Waals surface area (Å²) in [4.78, 5) is 17.4. The number of nitrogens with one attached hydrogen (secondary N) is 2. The summed E-state index contributed by atoms with van der Waals surface area (Å²) < 4.78 is 5.00. The number of hydrogen-bond acceptors (Lipinski definition) is 6. The van der Waals surface area contributed by atoms with Crippen molar-refractivity contribution in [1.82, 2.24) is 25.4 Å². The van der Waals surface area contributed by atoms with E-state index in [2.05, 4.69) is 20.5 Å². The van der Waals surface area contributed by atoms with E-state index < -0.39 is 0 Å². The molecule has 0 unspecified atom stereocenters. The van der Waals surface area contributed by atoms with Crippen LogP contribution < -0.4 is 5.32 Å². The van der Waals surface area contributed by atoms with Crippen LogP contribution in [0.3, 0.4) is 0 Å². The topological polar surface area (TPSA) is 83.1 Å². The Labute approximate surface area is 122 Å². The van der Waals surface area contributed by atoms with E-state index in [0.717, 1.165) is 43.4 Å². The summed E-state index contributed by atoms with van der Waals surface area (Å²) in [5.41, 5.74) is 0. The van der Waals surface area contributed by atoms with Crippen LogP contribution in [0.5, 0.6) is 0 Å². The van der Waals surface area contributed by atoms with Gasteiger partial charge in [0.2, 0.25) is 0 Å². The second kappa shape index (κ2) is 8.11. The first kappa shape index (κ1) is 15.1. The van der Waals surface area contributed by atoms with Crippen molar-refractivity contribution in [3.05, 3.63) is 6.33 Å². The summed E-state index contributed by atoms with van der Waals surface area (Å²) in [6.07, 6.45) is 3.28. The van der Waals surface area contributed by atoms with Gasteiger partial charge < -0.3 is 15.0 Å². The predicted molar refractivity (Wildman–Crippen MR) is 76.7 cm³/mol.